The molecule has 0 saturated carbocycles. The second-order valence-electron chi connectivity index (χ2n) is 7.07. The Labute approximate surface area is 152 Å². The van der Waals surface area contributed by atoms with E-state index in [4.69, 9.17) is 27.1 Å². The van der Waals surface area contributed by atoms with Crippen molar-refractivity contribution in [3.63, 3.8) is 0 Å². The summed E-state index contributed by atoms with van der Waals surface area (Å²) in [4.78, 5) is 7.14. The van der Waals surface area contributed by atoms with Gasteiger partial charge in [0.1, 0.15) is 17.4 Å². The van der Waals surface area contributed by atoms with E-state index in [0.717, 1.165) is 42.5 Å². The largest absolute Gasteiger partial charge is 0.486 e. The number of benzene rings is 1. The summed E-state index contributed by atoms with van der Waals surface area (Å²) in [5, 5.41) is 3.83. The van der Waals surface area contributed by atoms with Gasteiger partial charge in [-0.25, -0.2) is 4.98 Å². The monoisotopic (exact) mass is 365 g/mol. The second-order valence-corrected chi connectivity index (χ2v) is 8.45. The van der Waals surface area contributed by atoms with E-state index in [1.54, 1.807) is 11.3 Å². The van der Waals surface area contributed by atoms with Gasteiger partial charge in [-0.2, -0.15) is 0 Å². The average molecular weight is 366 g/mol. The second kappa shape index (κ2) is 7.40. The summed E-state index contributed by atoms with van der Waals surface area (Å²) >= 11 is 7.52. The first-order valence-corrected chi connectivity index (χ1v) is 9.48. The van der Waals surface area contributed by atoms with Gasteiger partial charge in [0, 0.05) is 36.1 Å². The fourth-order valence-corrected chi connectivity index (χ4v) is 3.84. The van der Waals surface area contributed by atoms with Crippen molar-refractivity contribution in [2.24, 2.45) is 11.1 Å². The van der Waals surface area contributed by atoms with Gasteiger partial charge in [0.2, 0.25) is 0 Å². The molecule has 3 rings (SSSR count). The Morgan fingerprint density at radius 2 is 2.12 bits per heavy atom. The van der Waals surface area contributed by atoms with E-state index in [2.05, 4.69) is 24.1 Å². The van der Waals surface area contributed by atoms with Crippen LogP contribution in [0.2, 0.25) is 5.02 Å². The highest BCUT2D eigenvalue weighted by Crippen LogP contribution is 2.28. The lowest BCUT2D eigenvalue weighted by atomic mass is 9.80. The normalized spacial score (nSPS) is 20.9. The molecule has 24 heavy (non-hydrogen) atoms. The number of aromatic nitrogens is 1. The molecule has 6 heteroatoms. The molecule has 1 aromatic heterocycles. The molecular weight excluding hydrogens is 342 g/mol. The van der Waals surface area contributed by atoms with Gasteiger partial charge < -0.3 is 10.5 Å². The summed E-state index contributed by atoms with van der Waals surface area (Å²) < 4.78 is 5.76. The predicted octanol–water partition coefficient (Wildman–Crippen LogP) is 3.93. The van der Waals surface area contributed by atoms with Crippen LogP contribution in [0.25, 0.3) is 0 Å². The van der Waals surface area contributed by atoms with Gasteiger partial charge >= 0.3 is 0 Å². The quantitative estimate of drug-likeness (QED) is 0.872. The molecule has 2 aromatic rings. The molecule has 4 nitrogen and oxygen atoms in total. The Bertz CT molecular complexity index is 671. The predicted molar refractivity (Wildman–Crippen MR) is 99.5 cm³/mol. The van der Waals surface area contributed by atoms with Gasteiger partial charge in [0.25, 0.3) is 0 Å². The van der Waals surface area contributed by atoms with Crippen molar-refractivity contribution in [2.45, 2.75) is 39.5 Å². The molecule has 1 fully saturated rings. The number of halogens is 1. The number of hydrogen-bond donors (Lipinski definition) is 1. The van der Waals surface area contributed by atoms with Crippen LogP contribution >= 0.6 is 22.9 Å². The van der Waals surface area contributed by atoms with Crippen molar-refractivity contribution in [1.29, 1.82) is 0 Å². The van der Waals surface area contributed by atoms with E-state index in [1.165, 1.54) is 0 Å². The number of thiazole rings is 1. The third-order valence-electron chi connectivity index (χ3n) is 4.55. The first kappa shape index (κ1) is 17.7. The minimum absolute atomic E-state index is 0.162. The molecule has 0 bridgehead atoms. The molecule has 1 unspecified atom stereocenters. The zero-order valence-corrected chi connectivity index (χ0v) is 15.7. The molecule has 2 heterocycles. The van der Waals surface area contributed by atoms with Crippen molar-refractivity contribution in [1.82, 2.24) is 9.88 Å². The molecule has 0 spiro atoms. The van der Waals surface area contributed by atoms with E-state index in [-0.39, 0.29) is 11.5 Å². The van der Waals surface area contributed by atoms with Crippen LogP contribution in [-0.4, -0.2) is 29.0 Å². The van der Waals surface area contributed by atoms with Gasteiger partial charge in [-0.1, -0.05) is 25.4 Å². The summed E-state index contributed by atoms with van der Waals surface area (Å²) in [5.74, 6) is 0.808. The number of piperidine rings is 1. The zero-order valence-electron chi connectivity index (χ0n) is 14.2. The first-order valence-electron chi connectivity index (χ1n) is 8.22. The van der Waals surface area contributed by atoms with E-state index in [0.29, 0.717) is 11.6 Å². The van der Waals surface area contributed by atoms with Gasteiger partial charge in [-0.15, -0.1) is 11.3 Å². The fraction of sp³-hybridized carbons (Fsp3) is 0.500. The maximum Gasteiger partial charge on any atom is 0.140 e. The Morgan fingerprint density at radius 1 is 1.38 bits per heavy atom. The Balaban J connectivity index is 1.53. The van der Waals surface area contributed by atoms with Crippen molar-refractivity contribution >= 4 is 22.9 Å². The number of nitrogens with two attached hydrogens (primary N) is 1. The third-order valence-corrected chi connectivity index (χ3v) is 5.68. The molecule has 0 amide bonds. The molecule has 130 valence electrons. The lowest BCUT2D eigenvalue weighted by Crippen LogP contribution is -2.52. The summed E-state index contributed by atoms with van der Waals surface area (Å²) in [6.07, 6.45) is 1.05. The third kappa shape index (κ3) is 4.48. The highest BCUT2D eigenvalue weighted by molar-refractivity contribution is 7.09. The van der Waals surface area contributed by atoms with E-state index in [9.17, 15) is 0 Å². The van der Waals surface area contributed by atoms with Crippen molar-refractivity contribution in [3.05, 3.63) is 45.4 Å². The van der Waals surface area contributed by atoms with Crippen LogP contribution in [0.5, 0.6) is 5.75 Å². The van der Waals surface area contributed by atoms with Crippen LogP contribution in [0, 0.1) is 5.41 Å². The summed E-state index contributed by atoms with van der Waals surface area (Å²) in [7, 11) is 0. The van der Waals surface area contributed by atoms with E-state index < -0.39 is 0 Å². The molecule has 0 radical (unpaired) electrons. The van der Waals surface area contributed by atoms with Gasteiger partial charge in [0.15, 0.2) is 0 Å². The Hall–Kier alpha value is -1.14. The minimum Gasteiger partial charge on any atom is -0.486 e. The number of hydrogen-bond acceptors (Lipinski definition) is 5. The van der Waals surface area contributed by atoms with Crippen molar-refractivity contribution < 1.29 is 4.74 Å². The van der Waals surface area contributed by atoms with Gasteiger partial charge in [-0.05, 0) is 36.1 Å². The van der Waals surface area contributed by atoms with Crippen LogP contribution in [-0.2, 0) is 13.2 Å². The molecular formula is C18H24ClN3OS. The molecule has 1 atom stereocenters. The molecule has 1 aromatic carbocycles. The molecule has 1 aliphatic rings. The van der Waals surface area contributed by atoms with Crippen LogP contribution < -0.4 is 10.5 Å². The highest BCUT2D eigenvalue weighted by atomic mass is 35.5. The number of rotatable bonds is 5. The lowest BCUT2D eigenvalue weighted by molar-refractivity contribution is 0.0890. The molecule has 1 aliphatic heterocycles. The van der Waals surface area contributed by atoms with Gasteiger partial charge in [0.05, 0.1) is 5.69 Å². The summed E-state index contributed by atoms with van der Waals surface area (Å²) in [6, 6.07) is 7.68. The lowest BCUT2D eigenvalue weighted by Gasteiger charge is -2.42. The van der Waals surface area contributed by atoms with Crippen LogP contribution in [0.4, 0.5) is 0 Å². The van der Waals surface area contributed by atoms with Crippen LogP contribution in [0.1, 0.15) is 31.0 Å². The van der Waals surface area contributed by atoms with Crippen molar-refractivity contribution in [3.8, 4) is 5.75 Å². The van der Waals surface area contributed by atoms with Gasteiger partial charge in [-0.3, -0.25) is 4.90 Å². The first-order chi connectivity index (χ1) is 11.4. The standard InChI is InChI=1S/C18H24ClN3OS/c1-18(2)12-22(8-7-16(18)20)9-14-11-24-17(21-14)10-23-15-5-3-13(19)4-6-15/h3-6,11,16H,7-10,12,20H2,1-2H3. The Kier molecular flexibility index (Phi) is 5.45. The smallest absolute Gasteiger partial charge is 0.140 e. The minimum atomic E-state index is 0.162. The molecule has 0 aliphatic carbocycles. The number of likely N-dealkylation sites (tertiary alicyclic amines) is 1. The zero-order chi connectivity index (χ0) is 17.2. The maximum atomic E-state index is 6.21. The van der Waals surface area contributed by atoms with Crippen LogP contribution in [0.3, 0.4) is 0 Å². The molecule has 2 N–H and O–H groups in total. The van der Waals surface area contributed by atoms with Crippen molar-refractivity contribution in [2.75, 3.05) is 13.1 Å². The van der Waals surface area contributed by atoms with E-state index in [1.807, 2.05) is 24.3 Å². The van der Waals surface area contributed by atoms with E-state index >= 15 is 0 Å². The average Bonchev–Trinajstić information content (AvgIpc) is 2.98. The fourth-order valence-electron chi connectivity index (χ4n) is 3.01. The highest BCUT2D eigenvalue weighted by Gasteiger charge is 2.33. The number of nitrogens with zero attached hydrogens (tertiary/aromatic N) is 2. The topological polar surface area (TPSA) is 51.4 Å². The summed E-state index contributed by atoms with van der Waals surface area (Å²) in [6.45, 7) is 7.92. The van der Waals surface area contributed by atoms with Crippen LogP contribution in [0.15, 0.2) is 29.6 Å². The molecule has 1 saturated heterocycles. The SMILES string of the molecule is CC1(C)CN(Cc2csc(COc3ccc(Cl)cc3)n2)CCC1N. The maximum absolute atomic E-state index is 6.21. The number of ether oxygens (including phenoxy) is 1. The Morgan fingerprint density at radius 3 is 2.83 bits per heavy atom. The summed E-state index contributed by atoms with van der Waals surface area (Å²) in [5.41, 5.74) is 7.48.